The molecule has 4 rings (SSSR count). The van der Waals surface area contributed by atoms with E-state index < -0.39 is 10.8 Å². The molecule has 0 spiro atoms. The van der Waals surface area contributed by atoms with E-state index in [1.165, 1.54) is 6.07 Å². The number of anilines is 3. The number of halogens is 1. The molecule has 0 radical (unpaired) electrons. The average molecular weight is 481 g/mol. The number of carbonyl (C=O) groups is 2. The van der Waals surface area contributed by atoms with Crippen molar-refractivity contribution < 1.29 is 19.2 Å². The third-order valence-corrected chi connectivity index (χ3v) is 5.61. The zero-order valence-electron chi connectivity index (χ0n) is 18.0. The van der Waals surface area contributed by atoms with Gasteiger partial charge in [0.15, 0.2) is 0 Å². The van der Waals surface area contributed by atoms with Crippen LogP contribution >= 0.6 is 11.6 Å². The third-order valence-electron chi connectivity index (χ3n) is 5.28. The van der Waals surface area contributed by atoms with Crippen LogP contribution in [0.25, 0.3) is 0 Å². The first-order chi connectivity index (χ1) is 16.4. The summed E-state index contributed by atoms with van der Waals surface area (Å²) in [6.07, 6.45) is 0. The maximum atomic E-state index is 12.8. The maximum Gasteiger partial charge on any atom is 0.293 e. The number of carbonyl (C=O) groups excluding carboxylic acids is 2. The summed E-state index contributed by atoms with van der Waals surface area (Å²) >= 11 is 6.07. The lowest BCUT2D eigenvalue weighted by Crippen LogP contribution is -2.36. The minimum Gasteiger partial charge on any atom is -0.378 e. The molecule has 1 heterocycles. The van der Waals surface area contributed by atoms with Crippen LogP contribution in [0.4, 0.5) is 22.7 Å². The van der Waals surface area contributed by atoms with Gasteiger partial charge in [0.25, 0.3) is 17.5 Å². The number of amides is 2. The van der Waals surface area contributed by atoms with E-state index >= 15 is 0 Å². The molecule has 0 aliphatic carbocycles. The lowest BCUT2D eigenvalue weighted by Gasteiger charge is -2.28. The maximum absolute atomic E-state index is 12.8. The number of nitro benzene ring substituents is 1. The number of morpholine rings is 1. The summed E-state index contributed by atoms with van der Waals surface area (Å²) in [7, 11) is 0. The van der Waals surface area contributed by atoms with Crippen molar-refractivity contribution in [3.05, 3.63) is 93.0 Å². The highest BCUT2D eigenvalue weighted by Gasteiger charge is 2.23. The number of benzene rings is 3. The number of ether oxygens (including phenoxy) is 1. The normalized spacial score (nSPS) is 13.3. The lowest BCUT2D eigenvalue weighted by atomic mass is 10.1. The summed E-state index contributed by atoms with van der Waals surface area (Å²) < 4.78 is 5.31. The van der Waals surface area contributed by atoms with Gasteiger partial charge >= 0.3 is 0 Å². The van der Waals surface area contributed by atoms with Gasteiger partial charge in [-0.2, -0.15) is 0 Å². The van der Waals surface area contributed by atoms with Crippen LogP contribution in [0.5, 0.6) is 0 Å². The molecule has 1 fully saturated rings. The van der Waals surface area contributed by atoms with Crippen molar-refractivity contribution in [1.29, 1.82) is 0 Å². The minimum absolute atomic E-state index is 0.143. The highest BCUT2D eigenvalue weighted by atomic mass is 35.5. The standard InChI is InChI=1S/C24H21ClN4O5/c25-20-7-2-1-6-19(20)24(31)27-18-5-3-4-17(15-18)26-23(30)16-8-9-21(22(14-16)29(32)33)28-10-12-34-13-11-28/h1-9,14-15H,10-13H2,(H,26,30)(H,27,31). The summed E-state index contributed by atoms with van der Waals surface area (Å²) in [6, 6.07) is 17.6. The summed E-state index contributed by atoms with van der Waals surface area (Å²) in [4.78, 5) is 38.3. The monoisotopic (exact) mass is 480 g/mol. The highest BCUT2D eigenvalue weighted by molar-refractivity contribution is 6.34. The van der Waals surface area contributed by atoms with Crippen LogP contribution in [0.15, 0.2) is 66.7 Å². The quantitative estimate of drug-likeness (QED) is 0.394. The molecule has 1 aliphatic heterocycles. The number of hydrogen-bond acceptors (Lipinski definition) is 6. The summed E-state index contributed by atoms with van der Waals surface area (Å²) in [5.74, 6) is -0.894. The molecule has 34 heavy (non-hydrogen) atoms. The van der Waals surface area contributed by atoms with Crippen molar-refractivity contribution >= 4 is 46.2 Å². The second kappa shape index (κ2) is 10.3. The molecule has 2 N–H and O–H groups in total. The van der Waals surface area contributed by atoms with Gasteiger partial charge in [0.1, 0.15) is 5.69 Å². The molecule has 9 nitrogen and oxygen atoms in total. The Balaban J connectivity index is 1.49. The Labute approximate surface area is 200 Å². The van der Waals surface area contributed by atoms with Crippen molar-refractivity contribution in [3.8, 4) is 0 Å². The number of nitrogens with one attached hydrogen (secondary N) is 2. The fraction of sp³-hybridized carbons (Fsp3) is 0.167. The molecule has 2 amide bonds. The summed E-state index contributed by atoms with van der Waals surface area (Å²) in [6.45, 7) is 2.06. The molecule has 0 unspecified atom stereocenters. The van der Waals surface area contributed by atoms with Gasteiger partial charge in [0.05, 0.1) is 28.7 Å². The predicted octanol–water partition coefficient (Wildman–Crippen LogP) is 4.59. The van der Waals surface area contributed by atoms with Crippen molar-refractivity contribution in [1.82, 2.24) is 0 Å². The lowest BCUT2D eigenvalue weighted by molar-refractivity contribution is -0.384. The molecule has 174 valence electrons. The van der Waals surface area contributed by atoms with E-state index in [1.54, 1.807) is 60.7 Å². The Morgan fingerprint density at radius 2 is 1.59 bits per heavy atom. The zero-order chi connectivity index (χ0) is 24.1. The molecular weight excluding hydrogens is 460 g/mol. The van der Waals surface area contributed by atoms with Gasteiger partial charge in [-0.25, -0.2) is 0 Å². The Bertz CT molecular complexity index is 1240. The highest BCUT2D eigenvalue weighted by Crippen LogP contribution is 2.30. The first kappa shape index (κ1) is 23.2. The van der Waals surface area contributed by atoms with E-state index in [0.717, 1.165) is 0 Å². The van der Waals surface area contributed by atoms with E-state index in [9.17, 15) is 19.7 Å². The van der Waals surface area contributed by atoms with Crippen LogP contribution in [-0.4, -0.2) is 43.0 Å². The van der Waals surface area contributed by atoms with E-state index in [-0.39, 0.29) is 17.2 Å². The SMILES string of the molecule is O=C(Nc1cccc(NC(=O)c2ccccc2Cl)c1)c1ccc(N2CCOCC2)c([N+](=O)[O-])c1. The van der Waals surface area contributed by atoms with Gasteiger partial charge in [-0.3, -0.25) is 19.7 Å². The summed E-state index contributed by atoms with van der Waals surface area (Å²) in [5, 5.41) is 17.4. The van der Waals surface area contributed by atoms with Crippen molar-refractivity contribution in [2.24, 2.45) is 0 Å². The first-order valence-corrected chi connectivity index (χ1v) is 10.9. The second-order valence-electron chi connectivity index (χ2n) is 7.53. The number of nitrogens with zero attached hydrogens (tertiary/aromatic N) is 2. The topological polar surface area (TPSA) is 114 Å². The van der Waals surface area contributed by atoms with Crippen LogP contribution in [0.3, 0.4) is 0 Å². The van der Waals surface area contributed by atoms with Crippen molar-refractivity contribution in [3.63, 3.8) is 0 Å². The molecule has 1 saturated heterocycles. The molecular formula is C24H21ClN4O5. The minimum atomic E-state index is -0.508. The van der Waals surface area contributed by atoms with Crippen LogP contribution in [0, 0.1) is 10.1 Å². The van der Waals surface area contributed by atoms with Crippen LogP contribution < -0.4 is 15.5 Å². The third kappa shape index (κ3) is 5.33. The largest absolute Gasteiger partial charge is 0.378 e. The Morgan fingerprint density at radius 1 is 0.912 bits per heavy atom. The molecule has 0 atom stereocenters. The number of hydrogen-bond donors (Lipinski definition) is 2. The fourth-order valence-electron chi connectivity index (χ4n) is 3.60. The molecule has 0 saturated carbocycles. The number of rotatable bonds is 6. The van der Waals surface area contributed by atoms with Gasteiger partial charge in [-0.1, -0.05) is 29.8 Å². The second-order valence-corrected chi connectivity index (χ2v) is 7.94. The zero-order valence-corrected chi connectivity index (χ0v) is 18.7. The van der Waals surface area contributed by atoms with E-state index in [2.05, 4.69) is 10.6 Å². The number of nitro groups is 1. The van der Waals surface area contributed by atoms with Gasteiger partial charge in [0, 0.05) is 36.1 Å². The van der Waals surface area contributed by atoms with Crippen LogP contribution in [0.1, 0.15) is 20.7 Å². The van der Waals surface area contributed by atoms with Crippen molar-refractivity contribution in [2.45, 2.75) is 0 Å². The van der Waals surface area contributed by atoms with Gasteiger partial charge in [-0.15, -0.1) is 0 Å². The Morgan fingerprint density at radius 3 is 2.26 bits per heavy atom. The van der Waals surface area contributed by atoms with Crippen LogP contribution in [-0.2, 0) is 4.74 Å². The molecule has 0 aromatic heterocycles. The smallest absolute Gasteiger partial charge is 0.293 e. The van der Waals surface area contributed by atoms with Gasteiger partial charge in [-0.05, 0) is 42.5 Å². The molecule has 1 aliphatic rings. The van der Waals surface area contributed by atoms with Gasteiger partial charge < -0.3 is 20.3 Å². The fourth-order valence-corrected chi connectivity index (χ4v) is 3.83. The molecule has 3 aromatic carbocycles. The van der Waals surface area contributed by atoms with E-state index in [4.69, 9.17) is 16.3 Å². The van der Waals surface area contributed by atoms with Gasteiger partial charge in [0.2, 0.25) is 0 Å². The summed E-state index contributed by atoms with van der Waals surface area (Å²) in [5.41, 5.74) is 1.66. The van der Waals surface area contributed by atoms with Crippen molar-refractivity contribution in [2.75, 3.05) is 41.8 Å². The van der Waals surface area contributed by atoms with E-state index in [0.29, 0.717) is 54.0 Å². The Kier molecular flexibility index (Phi) is 7.05. The molecule has 3 aromatic rings. The first-order valence-electron chi connectivity index (χ1n) is 10.5. The molecule has 10 heteroatoms. The average Bonchev–Trinajstić information content (AvgIpc) is 2.84. The molecule has 0 bridgehead atoms. The predicted molar refractivity (Wildman–Crippen MR) is 130 cm³/mol. The Hall–Kier alpha value is -3.95. The van der Waals surface area contributed by atoms with Crippen LogP contribution in [0.2, 0.25) is 5.02 Å². The van der Waals surface area contributed by atoms with E-state index in [1.807, 2.05) is 4.90 Å².